The molecule has 1 heterocycles. The standard InChI is InChI=1S/C13H20N4O2/c1-2-15-12(18)7-16-11-6-5-10(14)13(17-11)19-8-9-3-4-9/h5-6,9H,2-4,7-8,14H2,1H3,(H,15,18)(H,16,17). The Balaban J connectivity index is 1.89. The van der Waals surface area contributed by atoms with Gasteiger partial charge in [0.2, 0.25) is 11.8 Å². The Kier molecular flexibility index (Phi) is 4.43. The number of nitrogen functional groups attached to an aromatic ring is 1. The van der Waals surface area contributed by atoms with Crippen molar-refractivity contribution in [3.8, 4) is 5.88 Å². The van der Waals surface area contributed by atoms with Crippen molar-refractivity contribution in [2.45, 2.75) is 19.8 Å². The third kappa shape index (κ3) is 4.31. The fraction of sp³-hybridized carbons (Fsp3) is 0.538. The number of aromatic nitrogens is 1. The minimum atomic E-state index is -0.0680. The first-order valence-electron chi connectivity index (χ1n) is 6.59. The highest BCUT2D eigenvalue weighted by Crippen LogP contribution is 2.30. The van der Waals surface area contributed by atoms with E-state index in [-0.39, 0.29) is 12.5 Å². The predicted octanol–water partition coefficient (Wildman–Crippen LogP) is 1.00. The second-order valence-corrected chi connectivity index (χ2v) is 4.65. The van der Waals surface area contributed by atoms with Gasteiger partial charge in [-0.25, -0.2) is 0 Å². The van der Waals surface area contributed by atoms with Crippen LogP contribution in [0.2, 0.25) is 0 Å². The third-order valence-corrected chi connectivity index (χ3v) is 2.85. The summed E-state index contributed by atoms with van der Waals surface area (Å²) < 4.78 is 5.58. The van der Waals surface area contributed by atoms with E-state index in [0.29, 0.717) is 36.5 Å². The molecule has 1 amide bonds. The molecule has 0 atom stereocenters. The Bertz CT molecular complexity index is 446. The number of nitrogens with zero attached hydrogens (tertiary/aromatic N) is 1. The van der Waals surface area contributed by atoms with Crippen LogP contribution in [0.15, 0.2) is 12.1 Å². The van der Waals surface area contributed by atoms with Crippen molar-refractivity contribution in [3.05, 3.63) is 12.1 Å². The molecule has 0 bridgehead atoms. The number of anilines is 2. The summed E-state index contributed by atoms with van der Waals surface area (Å²) in [6.07, 6.45) is 2.43. The molecule has 0 radical (unpaired) electrons. The van der Waals surface area contributed by atoms with Crippen LogP contribution < -0.4 is 21.1 Å². The first-order valence-corrected chi connectivity index (χ1v) is 6.59. The summed E-state index contributed by atoms with van der Waals surface area (Å²) in [7, 11) is 0. The van der Waals surface area contributed by atoms with Gasteiger partial charge in [-0.05, 0) is 37.8 Å². The number of hydrogen-bond acceptors (Lipinski definition) is 5. The molecule has 1 aromatic rings. The van der Waals surface area contributed by atoms with Crippen molar-refractivity contribution in [1.29, 1.82) is 0 Å². The van der Waals surface area contributed by atoms with Gasteiger partial charge >= 0.3 is 0 Å². The fourth-order valence-electron chi connectivity index (χ4n) is 1.58. The zero-order chi connectivity index (χ0) is 13.7. The number of nitrogens with two attached hydrogens (primary N) is 1. The molecule has 19 heavy (non-hydrogen) atoms. The number of pyridine rings is 1. The van der Waals surface area contributed by atoms with Gasteiger partial charge in [-0.15, -0.1) is 0 Å². The first-order chi connectivity index (χ1) is 9.19. The Morgan fingerprint density at radius 2 is 2.32 bits per heavy atom. The van der Waals surface area contributed by atoms with Crippen LogP contribution in [0.3, 0.4) is 0 Å². The van der Waals surface area contributed by atoms with Gasteiger partial charge in [0.1, 0.15) is 5.82 Å². The van der Waals surface area contributed by atoms with Crippen LogP contribution in [0.4, 0.5) is 11.5 Å². The SMILES string of the molecule is CCNC(=O)CNc1ccc(N)c(OCC2CC2)n1. The minimum absolute atomic E-state index is 0.0680. The smallest absolute Gasteiger partial charge is 0.239 e. The lowest BCUT2D eigenvalue weighted by molar-refractivity contribution is -0.119. The van der Waals surface area contributed by atoms with Crippen LogP contribution in [0.25, 0.3) is 0 Å². The summed E-state index contributed by atoms with van der Waals surface area (Å²) in [5, 5.41) is 5.65. The molecule has 1 saturated carbocycles. The predicted molar refractivity (Wildman–Crippen MR) is 74.0 cm³/mol. The topological polar surface area (TPSA) is 89.3 Å². The molecule has 0 aliphatic heterocycles. The first kappa shape index (κ1) is 13.5. The molecular formula is C13H20N4O2. The average Bonchev–Trinajstić information content (AvgIpc) is 3.21. The summed E-state index contributed by atoms with van der Waals surface area (Å²) in [5.74, 6) is 1.61. The van der Waals surface area contributed by atoms with Crippen molar-refractivity contribution in [1.82, 2.24) is 10.3 Å². The molecule has 4 N–H and O–H groups in total. The Hall–Kier alpha value is -1.98. The Morgan fingerprint density at radius 3 is 3.00 bits per heavy atom. The number of carbonyl (C=O) groups is 1. The summed E-state index contributed by atoms with van der Waals surface area (Å²) in [4.78, 5) is 15.6. The maximum Gasteiger partial charge on any atom is 0.239 e. The number of amides is 1. The largest absolute Gasteiger partial charge is 0.476 e. The van der Waals surface area contributed by atoms with E-state index >= 15 is 0 Å². The van der Waals surface area contributed by atoms with E-state index in [9.17, 15) is 4.79 Å². The molecule has 0 saturated heterocycles. The number of carbonyl (C=O) groups excluding carboxylic acids is 1. The Morgan fingerprint density at radius 1 is 1.53 bits per heavy atom. The van der Waals surface area contributed by atoms with Crippen LogP contribution in [-0.2, 0) is 4.79 Å². The van der Waals surface area contributed by atoms with Crippen molar-refractivity contribution in [2.24, 2.45) is 5.92 Å². The molecule has 1 fully saturated rings. The van der Waals surface area contributed by atoms with Crippen molar-refractivity contribution in [2.75, 3.05) is 30.7 Å². The highest BCUT2D eigenvalue weighted by Gasteiger charge is 2.22. The summed E-state index contributed by atoms with van der Waals surface area (Å²) in [6, 6.07) is 3.47. The maximum atomic E-state index is 11.3. The second kappa shape index (κ2) is 6.26. The molecule has 1 aliphatic rings. The van der Waals surface area contributed by atoms with Crippen molar-refractivity contribution >= 4 is 17.4 Å². The van der Waals surface area contributed by atoms with Gasteiger partial charge in [-0.1, -0.05) is 0 Å². The molecular weight excluding hydrogens is 244 g/mol. The Labute approximate surface area is 112 Å². The number of ether oxygens (including phenoxy) is 1. The van der Waals surface area contributed by atoms with Gasteiger partial charge in [0.05, 0.1) is 18.8 Å². The number of rotatable bonds is 7. The lowest BCUT2D eigenvalue weighted by Gasteiger charge is -2.10. The van der Waals surface area contributed by atoms with Crippen LogP contribution in [0, 0.1) is 5.92 Å². The van der Waals surface area contributed by atoms with Crippen LogP contribution in [0.5, 0.6) is 5.88 Å². The number of hydrogen-bond donors (Lipinski definition) is 3. The van der Waals surface area contributed by atoms with E-state index in [1.165, 1.54) is 12.8 Å². The van der Waals surface area contributed by atoms with E-state index in [4.69, 9.17) is 10.5 Å². The number of likely N-dealkylation sites (N-methyl/N-ethyl adjacent to an activating group) is 1. The van der Waals surface area contributed by atoms with E-state index in [1.807, 2.05) is 6.92 Å². The average molecular weight is 264 g/mol. The van der Waals surface area contributed by atoms with Crippen LogP contribution in [0.1, 0.15) is 19.8 Å². The van der Waals surface area contributed by atoms with Crippen LogP contribution in [-0.4, -0.2) is 30.6 Å². The van der Waals surface area contributed by atoms with E-state index < -0.39 is 0 Å². The van der Waals surface area contributed by atoms with Gasteiger partial charge < -0.3 is 21.1 Å². The summed E-state index contributed by atoms with van der Waals surface area (Å²) in [6.45, 7) is 3.35. The van der Waals surface area contributed by atoms with Gasteiger partial charge in [0, 0.05) is 6.54 Å². The quantitative estimate of drug-likeness (QED) is 0.683. The highest BCUT2D eigenvalue weighted by molar-refractivity contribution is 5.80. The van der Waals surface area contributed by atoms with E-state index in [1.54, 1.807) is 12.1 Å². The lowest BCUT2D eigenvalue weighted by atomic mass is 10.4. The summed E-state index contributed by atoms with van der Waals surface area (Å²) in [5.41, 5.74) is 6.32. The van der Waals surface area contributed by atoms with Crippen molar-refractivity contribution < 1.29 is 9.53 Å². The van der Waals surface area contributed by atoms with Gasteiger partial charge in [-0.2, -0.15) is 4.98 Å². The molecule has 0 aromatic carbocycles. The zero-order valence-corrected chi connectivity index (χ0v) is 11.1. The highest BCUT2D eigenvalue weighted by atomic mass is 16.5. The molecule has 2 rings (SSSR count). The van der Waals surface area contributed by atoms with Gasteiger partial charge in [-0.3, -0.25) is 4.79 Å². The molecule has 0 spiro atoms. The zero-order valence-electron chi connectivity index (χ0n) is 11.1. The minimum Gasteiger partial charge on any atom is -0.476 e. The molecule has 104 valence electrons. The van der Waals surface area contributed by atoms with Crippen molar-refractivity contribution in [3.63, 3.8) is 0 Å². The normalized spacial score (nSPS) is 13.9. The number of nitrogens with one attached hydrogen (secondary N) is 2. The monoisotopic (exact) mass is 264 g/mol. The molecule has 0 unspecified atom stereocenters. The van der Waals surface area contributed by atoms with Gasteiger partial charge in [0.25, 0.3) is 0 Å². The van der Waals surface area contributed by atoms with E-state index in [2.05, 4.69) is 15.6 Å². The van der Waals surface area contributed by atoms with Gasteiger partial charge in [0.15, 0.2) is 0 Å². The molecule has 6 nitrogen and oxygen atoms in total. The molecule has 1 aliphatic carbocycles. The molecule has 6 heteroatoms. The maximum absolute atomic E-state index is 11.3. The molecule has 1 aromatic heterocycles. The summed E-state index contributed by atoms with van der Waals surface area (Å²) >= 11 is 0. The lowest BCUT2D eigenvalue weighted by Crippen LogP contribution is -2.29. The second-order valence-electron chi connectivity index (χ2n) is 4.65. The van der Waals surface area contributed by atoms with Crippen LogP contribution >= 0.6 is 0 Å². The van der Waals surface area contributed by atoms with E-state index in [0.717, 1.165) is 0 Å². The third-order valence-electron chi connectivity index (χ3n) is 2.85. The fourth-order valence-corrected chi connectivity index (χ4v) is 1.58.